The van der Waals surface area contributed by atoms with Crippen LogP contribution in [0.4, 0.5) is 0 Å². The second-order valence-corrected chi connectivity index (χ2v) is 5.52. The minimum absolute atomic E-state index is 0.787. The van der Waals surface area contributed by atoms with Crippen molar-refractivity contribution in [1.82, 2.24) is 5.32 Å². The Labute approximate surface area is 115 Å². The smallest absolute Gasteiger partial charge is 0.122 e. The van der Waals surface area contributed by atoms with Crippen LogP contribution in [0.15, 0.2) is 6.07 Å². The number of aryl methyl sites for hydroxylation is 1. The molecule has 1 fully saturated rings. The first-order valence-electron chi connectivity index (χ1n) is 6.69. The highest BCUT2D eigenvalue weighted by atomic mass is 35.5. The van der Waals surface area contributed by atoms with Crippen molar-refractivity contribution in [2.75, 3.05) is 13.7 Å². The quantitative estimate of drug-likeness (QED) is 0.795. The van der Waals surface area contributed by atoms with Gasteiger partial charge in [0.25, 0.3) is 0 Å². The van der Waals surface area contributed by atoms with E-state index in [4.69, 9.17) is 16.3 Å². The number of hydrogen-bond donors (Lipinski definition) is 1. The van der Waals surface area contributed by atoms with Gasteiger partial charge < -0.3 is 10.1 Å². The Morgan fingerprint density at radius 1 is 1.39 bits per heavy atom. The summed E-state index contributed by atoms with van der Waals surface area (Å²) in [6.07, 6.45) is 4.85. The lowest BCUT2D eigenvalue weighted by Gasteiger charge is -2.15. The van der Waals surface area contributed by atoms with Gasteiger partial charge in [0.1, 0.15) is 5.75 Å². The highest BCUT2D eigenvalue weighted by molar-refractivity contribution is 6.32. The van der Waals surface area contributed by atoms with Gasteiger partial charge in [0, 0.05) is 11.1 Å². The van der Waals surface area contributed by atoms with Crippen molar-refractivity contribution in [2.24, 2.45) is 0 Å². The Bertz CT molecular complexity index is 427. The SMILES string of the molecule is COc1cc(C)c(Cl)c(C)c1CCCNC1CC1. The fourth-order valence-electron chi connectivity index (χ4n) is 2.31. The van der Waals surface area contributed by atoms with E-state index in [9.17, 15) is 0 Å². The van der Waals surface area contributed by atoms with Gasteiger partial charge in [-0.2, -0.15) is 0 Å². The van der Waals surface area contributed by atoms with E-state index in [0.717, 1.165) is 41.8 Å². The molecule has 0 amide bonds. The molecule has 0 radical (unpaired) electrons. The second-order valence-electron chi connectivity index (χ2n) is 5.15. The van der Waals surface area contributed by atoms with Crippen LogP contribution in [0.2, 0.25) is 5.02 Å². The van der Waals surface area contributed by atoms with Crippen LogP contribution < -0.4 is 10.1 Å². The first-order chi connectivity index (χ1) is 8.63. The Morgan fingerprint density at radius 2 is 2.11 bits per heavy atom. The predicted molar refractivity (Wildman–Crippen MR) is 76.8 cm³/mol. The van der Waals surface area contributed by atoms with Crippen LogP contribution in [0, 0.1) is 13.8 Å². The first kappa shape index (κ1) is 13.7. The van der Waals surface area contributed by atoms with E-state index < -0.39 is 0 Å². The number of benzene rings is 1. The molecule has 1 aliphatic rings. The van der Waals surface area contributed by atoms with Crippen molar-refractivity contribution < 1.29 is 4.74 Å². The lowest BCUT2D eigenvalue weighted by molar-refractivity contribution is 0.408. The van der Waals surface area contributed by atoms with Gasteiger partial charge in [-0.3, -0.25) is 0 Å². The summed E-state index contributed by atoms with van der Waals surface area (Å²) in [5.41, 5.74) is 3.51. The van der Waals surface area contributed by atoms with Crippen LogP contribution in [0.1, 0.15) is 36.0 Å². The van der Waals surface area contributed by atoms with Gasteiger partial charge in [0.15, 0.2) is 0 Å². The molecule has 100 valence electrons. The van der Waals surface area contributed by atoms with Gasteiger partial charge in [0.05, 0.1) is 7.11 Å². The number of hydrogen-bond acceptors (Lipinski definition) is 2. The summed E-state index contributed by atoms with van der Waals surface area (Å²) in [5.74, 6) is 0.973. The molecule has 1 aliphatic carbocycles. The summed E-state index contributed by atoms with van der Waals surface area (Å²) in [4.78, 5) is 0. The third-order valence-corrected chi connectivity index (χ3v) is 4.19. The maximum atomic E-state index is 6.31. The summed E-state index contributed by atoms with van der Waals surface area (Å²) < 4.78 is 5.47. The summed E-state index contributed by atoms with van der Waals surface area (Å²) in [7, 11) is 1.73. The molecular formula is C15H22ClNO. The lowest BCUT2D eigenvalue weighted by Crippen LogP contribution is -2.18. The molecule has 3 heteroatoms. The number of rotatable bonds is 6. The van der Waals surface area contributed by atoms with Crippen LogP contribution in [0.25, 0.3) is 0 Å². The third-order valence-electron chi connectivity index (χ3n) is 3.61. The monoisotopic (exact) mass is 267 g/mol. The minimum Gasteiger partial charge on any atom is -0.496 e. The Hall–Kier alpha value is -0.730. The van der Waals surface area contributed by atoms with Crippen molar-refractivity contribution >= 4 is 11.6 Å². The molecule has 0 bridgehead atoms. The van der Waals surface area contributed by atoms with Crippen LogP contribution in [-0.2, 0) is 6.42 Å². The van der Waals surface area contributed by atoms with Crippen LogP contribution >= 0.6 is 11.6 Å². The molecule has 0 aliphatic heterocycles. The summed E-state index contributed by atoms with van der Waals surface area (Å²) in [5, 5.41) is 4.41. The average Bonchev–Trinajstić information content (AvgIpc) is 3.17. The zero-order valence-electron chi connectivity index (χ0n) is 11.5. The van der Waals surface area contributed by atoms with Gasteiger partial charge in [-0.15, -0.1) is 0 Å². The van der Waals surface area contributed by atoms with E-state index in [2.05, 4.69) is 12.2 Å². The van der Waals surface area contributed by atoms with E-state index >= 15 is 0 Å². The molecule has 0 aromatic heterocycles. The lowest BCUT2D eigenvalue weighted by atomic mass is 10.00. The molecule has 0 atom stereocenters. The van der Waals surface area contributed by atoms with E-state index in [0.29, 0.717) is 0 Å². The molecular weight excluding hydrogens is 246 g/mol. The van der Waals surface area contributed by atoms with Crippen molar-refractivity contribution in [3.63, 3.8) is 0 Å². The van der Waals surface area contributed by atoms with Crippen molar-refractivity contribution in [3.8, 4) is 5.75 Å². The van der Waals surface area contributed by atoms with Crippen LogP contribution in [0.5, 0.6) is 5.75 Å². The molecule has 1 aromatic rings. The first-order valence-corrected chi connectivity index (χ1v) is 7.07. The van der Waals surface area contributed by atoms with E-state index in [1.807, 2.05) is 13.0 Å². The molecule has 1 N–H and O–H groups in total. The molecule has 0 heterocycles. The molecule has 2 nitrogen and oxygen atoms in total. The predicted octanol–water partition coefficient (Wildman–Crippen LogP) is 3.65. The maximum absolute atomic E-state index is 6.31. The van der Waals surface area contributed by atoms with Gasteiger partial charge >= 0.3 is 0 Å². The highest BCUT2D eigenvalue weighted by Crippen LogP contribution is 2.32. The molecule has 0 spiro atoms. The van der Waals surface area contributed by atoms with Gasteiger partial charge in [-0.1, -0.05) is 11.6 Å². The largest absolute Gasteiger partial charge is 0.496 e. The summed E-state index contributed by atoms with van der Waals surface area (Å²) in [6, 6.07) is 2.83. The summed E-state index contributed by atoms with van der Waals surface area (Å²) in [6.45, 7) is 5.19. The van der Waals surface area contributed by atoms with Gasteiger partial charge in [0.2, 0.25) is 0 Å². The Balaban J connectivity index is 2.02. The molecule has 1 saturated carbocycles. The number of ether oxygens (including phenoxy) is 1. The maximum Gasteiger partial charge on any atom is 0.122 e. The zero-order chi connectivity index (χ0) is 13.1. The van der Waals surface area contributed by atoms with E-state index in [-0.39, 0.29) is 0 Å². The topological polar surface area (TPSA) is 21.3 Å². The summed E-state index contributed by atoms with van der Waals surface area (Å²) >= 11 is 6.31. The molecule has 0 unspecified atom stereocenters. The van der Waals surface area contributed by atoms with Crippen molar-refractivity contribution in [3.05, 3.63) is 27.8 Å². The molecule has 2 rings (SSSR count). The fourth-order valence-corrected chi connectivity index (χ4v) is 2.48. The minimum atomic E-state index is 0.787. The zero-order valence-corrected chi connectivity index (χ0v) is 12.2. The number of methoxy groups -OCH3 is 1. The van der Waals surface area contributed by atoms with Crippen LogP contribution in [0.3, 0.4) is 0 Å². The average molecular weight is 268 g/mol. The Morgan fingerprint density at radius 3 is 2.72 bits per heavy atom. The Kier molecular flexibility index (Phi) is 4.52. The van der Waals surface area contributed by atoms with Gasteiger partial charge in [-0.25, -0.2) is 0 Å². The normalized spacial score (nSPS) is 14.9. The van der Waals surface area contributed by atoms with E-state index in [1.54, 1.807) is 7.11 Å². The highest BCUT2D eigenvalue weighted by Gasteiger charge is 2.19. The third kappa shape index (κ3) is 3.18. The van der Waals surface area contributed by atoms with E-state index in [1.165, 1.54) is 24.0 Å². The molecule has 0 saturated heterocycles. The molecule has 18 heavy (non-hydrogen) atoms. The van der Waals surface area contributed by atoms with Gasteiger partial charge in [-0.05, 0) is 68.8 Å². The van der Waals surface area contributed by atoms with Crippen molar-refractivity contribution in [2.45, 2.75) is 45.6 Å². The fraction of sp³-hybridized carbons (Fsp3) is 0.600. The molecule has 1 aromatic carbocycles. The number of nitrogens with one attached hydrogen (secondary N) is 1. The van der Waals surface area contributed by atoms with Crippen molar-refractivity contribution in [1.29, 1.82) is 0 Å². The standard InChI is InChI=1S/C15H22ClNO/c1-10-9-14(18-3)13(11(2)15(10)16)5-4-8-17-12-6-7-12/h9,12,17H,4-8H2,1-3H3. The second kappa shape index (κ2) is 5.94. The number of halogens is 1. The van der Waals surface area contributed by atoms with Crippen LogP contribution in [-0.4, -0.2) is 19.7 Å².